The quantitative estimate of drug-likeness (QED) is 0.355. The van der Waals surface area contributed by atoms with Crippen molar-refractivity contribution in [2.45, 2.75) is 71.5 Å². The van der Waals surface area contributed by atoms with Crippen LogP contribution in [-0.4, -0.2) is 25.6 Å². The van der Waals surface area contributed by atoms with Crippen LogP contribution in [0.1, 0.15) is 65.2 Å². The number of rotatable bonds is 11. The minimum absolute atomic E-state index is 0.00681. The lowest BCUT2D eigenvalue weighted by Crippen LogP contribution is -2.17. The van der Waals surface area contributed by atoms with E-state index in [4.69, 9.17) is 5.11 Å². The highest BCUT2D eigenvalue weighted by molar-refractivity contribution is 7.86. The van der Waals surface area contributed by atoms with E-state index in [1.54, 1.807) is 0 Å². The Morgan fingerprint density at radius 1 is 1.00 bits per heavy atom. The van der Waals surface area contributed by atoms with E-state index in [1.165, 1.54) is 39.0 Å². The van der Waals surface area contributed by atoms with Gasteiger partial charge in [0.05, 0.1) is 5.75 Å². The molecule has 1 N–H and O–H groups in total. The standard InChI is InChI=1S/C12H26O4S/c1-3-4-5-6-7-8-9-10-11-17(14,15)16-12(2)13/h12-13H,3-11H2,1-2H3. The summed E-state index contributed by atoms with van der Waals surface area (Å²) in [5.74, 6) is 0.00681. The maximum Gasteiger partial charge on any atom is 0.269 e. The molecule has 0 radical (unpaired) electrons. The zero-order valence-electron chi connectivity index (χ0n) is 11.0. The van der Waals surface area contributed by atoms with Gasteiger partial charge in [0.1, 0.15) is 0 Å². The summed E-state index contributed by atoms with van der Waals surface area (Å²) < 4.78 is 26.9. The minimum Gasteiger partial charge on any atom is -0.367 e. The second-order valence-electron chi connectivity index (χ2n) is 4.43. The lowest BCUT2D eigenvalue weighted by Gasteiger charge is -2.07. The Balaban J connectivity index is 3.39. The van der Waals surface area contributed by atoms with Crippen LogP contribution in [0, 0.1) is 0 Å². The molecular formula is C12H26O4S. The van der Waals surface area contributed by atoms with Crippen LogP contribution < -0.4 is 0 Å². The highest BCUT2D eigenvalue weighted by atomic mass is 32.2. The predicted octanol–water partition coefficient (Wildman–Crippen LogP) is 2.81. The molecule has 0 aromatic carbocycles. The van der Waals surface area contributed by atoms with Gasteiger partial charge in [-0.1, -0.05) is 51.9 Å². The average Bonchev–Trinajstić information content (AvgIpc) is 2.20. The molecule has 1 atom stereocenters. The smallest absolute Gasteiger partial charge is 0.269 e. The zero-order valence-corrected chi connectivity index (χ0v) is 11.8. The Morgan fingerprint density at radius 2 is 1.47 bits per heavy atom. The normalized spacial score (nSPS) is 13.8. The van der Waals surface area contributed by atoms with E-state index in [9.17, 15) is 8.42 Å². The van der Waals surface area contributed by atoms with Crippen LogP contribution in [0.4, 0.5) is 0 Å². The van der Waals surface area contributed by atoms with Gasteiger partial charge in [0.15, 0.2) is 6.29 Å². The summed E-state index contributed by atoms with van der Waals surface area (Å²) in [6, 6.07) is 0. The van der Waals surface area contributed by atoms with Gasteiger partial charge in [-0.25, -0.2) is 4.18 Å². The summed E-state index contributed by atoms with van der Waals surface area (Å²) in [5.41, 5.74) is 0. The van der Waals surface area contributed by atoms with E-state index >= 15 is 0 Å². The van der Waals surface area contributed by atoms with Crippen molar-refractivity contribution in [1.82, 2.24) is 0 Å². The number of unbranched alkanes of at least 4 members (excludes halogenated alkanes) is 7. The zero-order chi connectivity index (χ0) is 13.1. The molecule has 0 aromatic heterocycles. The average molecular weight is 266 g/mol. The van der Waals surface area contributed by atoms with E-state index in [0.29, 0.717) is 6.42 Å². The third kappa shape index (κ3) is 12.1. The van der Waals surface area contributed by atoms with Crippen LogP contribution in [0.25, 0.3) is 0 Å². The molecule has 0 amide bonds. The Hall–Kier alpha value is -0.130. The molecule has 4 nitrogen and oxygen atoms in total. The topological polar surface area (TPSA) is 63.6 Å². The predicted molar refractivity (Wildman–Crippen MR) is 69.2 cm³/mol. The van der Waals surface area contributed by atoms with Gasteiger partial charge in [-0.05, 0) is 13.3 Å². The van der Waals surface area contributed by atoms with E-state index < -0.39 is 16.4 Å². The van der Waals surface area contributed by atoms with Crippen molar-refractivity contribution >= 4 is 10.1 Å². The molecule has 0 spiro atoms. The first-order valence-corrected chi connectivity index (χ1v) is 8.14. The molecule has 104 valence electrons. The largest absolute Gasteiger partial charge is 0.367 e. The van der Waals surface area contributed by atoms with Gasteiger partial charge < -0.3 is 5.11 Å². The van der Waals surface area contributed by atoms with Crippen molar-refractivity contribution < 1.29 is 17.7 Å². The molecule has 0 fully saturated rings. The van der Waals surface area contributed by atoms with E-state index in [-0.39, 0.29) is 5.75 Å². The molecule has 0 saturated heterocycles. The first-order valence-electron chi connectivity index (χ1n) is 6.57. The van der Waals surface area contributed by atoms with Gasteiger partial charge in [-0.3, -0.25) is 0 Å². The van der Waals surface area contributed by atoms with Crippen LogP contribution in [-0.2, 0) is 14.3 Å². The summed E-state index contributed by atoms with van der Waals surface area (Å²) in [5, 5.41) is 8.81. The molecule has 0 aliphatic rings. The van der Waals surface area contributed by atoms with Crippen molar-refractivity contribution in [3.8, 4) is 0 Å². The number of aliphatic hydroxyl groups is 1. The molecule has 0 saturated carbocycles. The van der Waals surface area contributed by atoms with Gasteiger partial charge in [0.25, 0.3) is 10.1 Å². The molecule has 0 bridgehead atoms. The first-order chi connectivity index (χ1) is 7.98. The molecule has 5 heteroatoms. The van der Waals surface area contributed by atoms with Crippen molar-refractivity contribution in [2.75, 3.05) is 5.75 Å². The molecule has 17 heavy (non-hydrogen) atoms. The highest BCUT2D eigenvalue weighted by Gasteiger charge is 2.13. The summed E-state index contributed by atoms with van der Waals surface area (Å²) in [4.78, 5) is 0. The summed E-state index contributed by atoms with van der Waals surface area (Å²) >= 11 is 0. The van der Waals surface area contributed by atoms with Crippen LogP contribution in [0.2, 0.25) is 0 Å². The van der Waals surface area contributed by atoms with Gasteiger partial charge in [0, 0.05) is 0 Å². The third-order valence-corrected chi connectivity index (χ3v) is 3.89. The van der Waals surface area contributed by atoms with Gasteiger partial charge in [-0.2, -0.15) is 8.42 Å². The van der Waals surface area contributed by atoms with E-state index in [2.05, 4.69) is 11.1 Å². The molecule has 1 unspecified atom stereocenters. The lowest BCUT2D eigenvalue weighted by molar-refractivity contribution is 0.00543. The van der Waals surface area contributed by atoms with E-state index in [1.807, 2.05) is 0 Å². The molecule has 0 aliphatic carbocycles. The lowest BCUT2D eigenvalue weighted by atomic mass is 10.1. The Kier molecular flexibility index (Phi) is 9.78. The molecule has 0 aromatic rings. The fourth-order valence-corrected chi connectivity index (χ4v) is 2.75. The van der Waals surface area contributed by atoms with Crippen LogP contribution in [0.5, 0.6) is 0 Å². The van der Waals surface area contributed by atoms with Crippen molar-refractivity contribution in [3.05, 3.63) is 0 Å². The molecular weight excluding hydrogens is 240 g/mol. The second kappa shape index (κ2) is 9.85. The fraction of sp³-hybridized carbons (Fsp3) is 1.00. The van der Waals surface area contributed by atoms with Crippen molar-refractivity contribution in [3.63, 3.8) is 0 Å². The SMILES string of the molecule is CCCCCCCCCCS(=O)(=O)OC(C)O. The Morgan fingerprint density at radius 3 is 1.94 bits per heavy atom. The summed E-state index contributed by atoms with van der Waals surface area (Å²) in [6.45, 7) is 3.48. The highest BCUT2D eigenvalue weighted by Crippen LogP contribution is 2.10. The Labute approximate surface area is 105 Å². The molecule has 0 aliphatic heterocycles. The number of hydrogen-bond acceptors (Lipinski definition) is 4. The fourth-order valence-electron chi connectivity index (χ4n) is 1.67. The van der Waals surface area contributed by atoms with Gasteiger partial charge in [-0.15, -0.1) is 0 Å². The van der Waals surface area contributed by atoms with E-state index in [0.717, 1.165) is 12.8 Å². The van der Waals surface area contributed by atoms with Crippen molar-refractivity contribution in [2.24, 2.45) is 0 Å². The first kappa shape index (κ1) is 16.9. The monoisotopic (exact) mass is 266 g/mol. The van der Waals surface area contributed by atoms with Crippen LogP contribution >= 0.6 is 0 Å². The van der Waals surface area contributed by atoms with Crippen LogP contribution in [0.3, 0.4) is 0 Å². The maximum atomic E-state index is 11.2. The number of aliphatic hydroxyl groups excluding tert-OH is 1. The number of hydrogen-bond donors (Lipinski definition) is 1. The summed E-state index contributed by atoms with van der Waals surface area (Å²) in [6.07, 6.45) is 7.59. The maximum absolute atomic E-state index is 11.2. The van der Waals surface area contributed by atoms with Crippen molar-refractivity contribution in [1.29, 1.82) is 0 Å². The molecule has 0 rings (SSSR count). The van der Waals surface area contributed by atoms with Gasteiger partial charge >= 0.3 is 0 Å². The minimum atomic E-state index is -3.53. The van der Waals surface area contributed by atoms with Gasteiger partial charge in [0.2, 0.25) is 0 Å². The second-order valence-corrected chi connectivity index (χ2v) is 6.15. The summed E-state index contributed by atoms with van der Waals surface area (Å²) in [7, 11) is -3.53. The molecule has 0 heterocycles. The third-order valence-electron chi connectivity index (χ3n) is 2.53. The van der Waals surface area contributed by atoms with Crippen LogP contribution in [0.15, 0.2) is 0 Å². The Bertz CT molecular complexity index is 260.